The number of phenols is 3. The van der Waals surface area contributed by atoms with Crippen molar-refractivity contribution >= 4 is 76.6 Å². The zero-order valence-electron chi connectivity index (χ0n) is 63.6. The lowest BCUT2D eigenvalue weighted by Gasteiger charge is -2.43. The summed E-state index contributed by atoms with van der Waals surface area (Å²) in [6.07, 6.45) is -9.60. The standard InChI is InChI=1S/C79H96N10O26/c1-37(2)27-52(73(105)84-51-29-61(114-38(3)66(51)98)115-58-31-79(111,59(96)35-93)30-47-63(58)70(102)65-64(68(47)100)67(99)46-17-12-19-57(112-5)62(46)69(65)101)85-75(107)54(32-90)88-77(109)56(34-92)89-76(108)55(33-91)87-72(104)50(24-25-60(80)97)83-74(106)53(28-40-20-22-41(95)23-21-40)86-71(103)49(82-39(4)94)18-10-11-26-81-78(110)113-36-48-44-15-8-6-13-42(44)43-14-7-9-16-45(43)48/h6-9,12-17,19-23,37-38,48-56,58,61,66,90-93,95,98,100,102,111H,10-11,18,24-36H2,1-5H3,(H2,80,97)(H,81,110)(H,82,94)(H,83,106)(H,84,105)(H,85,107)(H,86,103)(H,87,104)(H,88,109)(H,89,108)/t38-,49-,50-,51-,52-,53-,54-,55-,56-,58-,61-,66+,79-/m0/s1. The lowest BCUT2D eigenvalue weighted by Crippen LogP contribution is -2.62. The Balaban J connectivity index is 0.808. The summed E-state index contributed by atoms with van der Waals surface area (Å²) < 4.78 is 23.3. The van der Waals surface area contributed by atoms with Gasteiger partial charge in [-0.3, -0.25) is 57.5 Å². The number of primary amides is 1. The lowest BCUT2D eigenvalue weighted by atomic mass is 9.72. The molecule has 4 aliphatic rings. The van der Waals surface area contributed by atoms with Crippen molar-refractivity contribution in [3.05, 3.63) is 141 Å². The first kappa shape index (κ1) is 87.5. The molecule has 0 bridgehead atoms. The average molecular weight is 1600 g/mol. The molecule has 1 saturated heterocycles. The molecule has 0 spiro atoms. The summed E-state index contributed by atoms with van der Waals surface area (Å²) in [5.41, 5.74) is 5.00. The Morgan fingerprint density at radius 3 is 1.70 bits per heavy atom. The third-order valence-corrected chi connectivity index (χ3v) is 20.4. The van der Waals surface area contributed by atoms with Crippen LogP contribution in [0.4, 0.5) is 4.79 Å². The molecule has 9 rings (SSSR count). The van der Waals surface area contributed by atoms with Gasteiger partial charge >= 0.3 is 6.09 Å². The van der Waals surface area contributed by atoms with Crippen LogP contribution in [0.5, 0.6) is 23.0 Å². The van der Waals surface area contributed by atoms with Gasteiger partial charge in [-0.25, -0.2) is 4.79 Å². The summed E-state index contributed by atoms with van der Waals surface area (Å²) in [6.45, 7) is 1.26. The van der Waals surface area contributed by atoms with Crippen molar-refractivity contribution in [2.45, 2.75) is 176 Å². The minimum absolute atomic E-state index is 0.00270. The molecule has 1 fully saturated rings. The van der Waals surface area contributed by atoms with Gasteiger partial charge in [0.15, 0.2) is 17.9 Å². The van der Waals surface area contributed by atoms with Crippen LogP contribution in [-0.2, 0) is 75.0 Å². The summed E-state index contributed by atoms with van der Waals surface area (Å²) in [4.78, 5) is 178. The van der Waals surface area contributed by atoms with E-state index in [1.54, 1.807) is 13.8 Å². The number of hydrogen-bond donors (Lipinski definition) is 19. The fourth-order valence-electron chi connectivity index (χ4n) is 14.5. The van der Waals surface area contributed by atoms with E-state index in [-0.39, 0.29) is 78.9 Å². The minimum atomic E-state index is -2.53. The predicted octanol–water partition coefficient (Wildman–Crippen LogP) is -1.48. The van der Waals surface area contributed by atoms with Crippen LogP contribution < -0.4 is 58.3 Å². The van der Waals surface area contributed by atoms with E-state index in [2.05, 4.69) is 47.9 Å². The predicted molar refractivity (Wildman–Crippen MR) is 403 cm³/mol. The third kappa shape index (κ3) is 20.9. The fourth-order valence-corrected chi connectivity index (χ4v) is 14.5. The van der Waals surface area contributed by atoms with Crippen molar-refractivity contribution in [1.29, 1.82) is 0 Å². The summed E-state index contributed by atoms with van der Waals surface area (Å²) in [5, 5.41) is 120. The first-order valence-corrected chi connectivity index (χ1v) is 37.3. The quantitative estimate of drug-likeness (QED) is 0.0156. The van der Waals surface area contributed by atoms with Gasteiger partial charge in [0.2, 0.25) is 58.9 Å². The Labute approximate surface area is 659 Å². The Hall–Kier alpha value is -11.5. The average Bonchev–Trinajstić information content (AvgIpc) is 1.46. The molecule has 3 aliphatic carbocycles. The van der Waals surface area contributed by atoms with Gasteiger partial charge in [0.1, 0.15) is 90.2 Å². The number of benzene rings is 5. The number of methoxy groups -OCH3 is 1. The van der Waals surface area contributed by atoms with Crippen LogP contribution in [0, 0.1) is 5.92 Å². The topological polar surface area (TPSA) is 575 Å². The number of unbranched alkanes of at least 4 members (excludes halogenated alkanes) is 1. The largest absolute Gasteiger partial charge is 0.508 e. The second-order valence-electron chi connectivity index (χ2n) is 29.0. The van der Waals surface area contributed by atoms with Crippen molar-refractivity contribution in [1.82, 2.24) is 47.9 Å². The van der Waals surface area contributed by atoms with Crippen molar-refractivity contribution in [3.63, 3.8) is 0 Å². The highest BCUT2D eigenvalue weighted by Gasteiger charge is 2.51. The van der Waals surface area contributed by atoms with E-state index in [4.69, 9.17) is 24.7 Å². The van der Waals surface area contributed by atoms with Crippen molar-refractivity contribution in [2.24, 2.45) is 11.7 Å². The zero-order chi connectivity index (χ0) is 83.9. The number of ketones is 3. The molecule has 115 heavy (non-hydrogen) atoms. The number of ether oxygens (including phenoxy) is 4. The van der Waals surface area contributed by atoms with Crippen LogP contribution in [0.15, 0.2) is 91.0 Å². The van der Waals surface area contributed by atoms with Gasteiger partial charge in [-0.1, -0.05) is 86.6 Å². The molecule has 36 heteroatoms. The maximum atomic E-state index is 14.4. The summed E-state index contributed by atoms with van der Waals surface area (Å²) in [6, 6.07) is 11.9. The molecule has 10 amide bonds. The van der Waals surface area contributed by atoms with Gasteiger partial charge in [0.25, 0.3) is 0 Å². The molecular formula is C79H96N10O26. The number of amides is 10. The van der Waals surface area contributed by atoms with Crippen LogP contribution >= 0.6 is 0 Å². The van der Waals surface area contributed by atoms with Crippen LogP contribution in [0.3, 0.4) is 0 Å². The Morgan fingerprint density at radius 2 is 1.15 bits per heavy atom. The molecule has 0 aromatic heterocycles. The van der Waals surface area contributed by atoms with Gasteiger partial charge in [0.05, 0.1) is 61.9 Å². The Kier molecular flexibility index (Phi) is 29.7. The first-order chi connectivity index (χ1) is 54.7. The molecule has 36 nitrogen and oxygen atoms in total. The molecule has 1 aliphatic heterocycles. The van der Waals surface area contributed by atoms with E-state index >= 15 is 0 Å². The molecule has 618 valence electrons. The smallest absolute Gasteiger partial charge is 0.407 e. The van der Waals surface area contributed by atoms with Crippen LogP contribution in [0.25, 0.3) is 11.1 Å². The number of aromatic hydroxyl groups is 3. The minimum Gasteiger partial charge on any atom is -0.508 e. The van der Waals surface area contributed by atoms with E-state index in [0.717, 1.165) is 29.2 Å². The number of aliphatic hydroxyl groups excluding tert-OH is 5. The number of carbonyl (C=O) groups excluding carboxylic acids is 13. The molecule has 13 atom stereocenters. The maximum absolute atomic E-state index is 14.4. The van der Waals surface area contributed by atoms with Gasteiger partial charge in [-0.15, -0.1) is 0 Å². The van der Waals surface area contributed by atoms with Crippen molar-refractivity contribution < 1.29 is 127 Å². The zero-order valence-corrected chi connectivity index (χ0v) is 63.6. The van der Waals surface area contributed by atoms with Crippen LogP contribution in [0.2, 0.25) is 0 Å². The highest BCUT2D eigenvalue weighted by molar-refractivity contribution is 6.31. The molecule has 5 aromatic rings. The second-order valence-corrected chi connectivity index (χ2v) is 29.0. The number of carbonyl (C=O) groups is 13. The molecule has 20 N–H and O–H groups in total. The Morgan fingerprint density at radius 1 is 0.617 bits per heavy atom. The van der Waals surface area contributed by atoms with E-state index in [0.29, 0.717) is 12.0 Å². The number of alkyl carbamates (subject to hydrolysis) is 1. The van der Waals surface area contributed by atoms with Crippen molar-refractivity contribution in [2.75, 3.05) is 46.7 Å². The monoisotopic (exact) mass is 1600 g/mol. The molecule has 5 aromatic carbocycles. The van der Waals surface area contributed by atoms with Gasteiger partial charge in [0, 0.05) is 68.2 Å². The lowest BCUT2D eigenvalue weighted by molar-refractivity contribution is -0.249. The summed E-state index contributed by atoms with van der Waals surface area (Å²) >= 11 is 0. The SMILES string of the molecule is COc1cccc2c1C(=O)c1c(O)c3c(c(O)c1C2=O)C[C@@](O)(C(=O)CO)C[C@@H]3O[C@H]1C[C@H](NC(=O)[C@H](CC(C)C)NC(=O)[C@H](CO)NC(=O)[C@H](CO)NC(=O)[C@H](CO)NC(=O)[C@H](CCC(N)=O)NC(=O)[C@H](Cc2ccc(O)cc2)NC(=O)[C@H](CCCCNC(=O)OCC2c3ccccc3-c3ccccc32)NC(C)=O)[C@H](O)[C@H](C)O1. The molecule has 0 radical (unpaired) electrons. The second kappa shape index (κ2) is 39.0. The van der Waals surface area contributed by atoms with E-state index in [9.17, 15) is 108 Å². The normalized spacial score (nSPS) is 19.7. The molecule has 1 heterocycles. The highest BCUT2D eigenvalue weighted by atomic mass is 16.7. The van der Waals surface area contributed by atoms with E-state index in [1.807, 2.05) is 48.5 Å². The van der Waals surface area contributed by atoms with Crippen LogP contribution in [-0.4, -0.2) is 242 Å². The number of nitrogens with one attached hydrogen (secondary N) is 9. The third-order valence-electron chi connectivity index (χ3n) is 20.4. The molecule has 0 unspecified atom stereocenters. The Bertz CT molecular complexity index is 4460. The number of fused-ring (bicyclic) bond motifs is 6. The summed E-state index contributed by atoms with van der Waals surface area (Å²) in [5.74, 6) is -15.1. The van der Waals surface area contributed by atoms with Gasteiger partial charge < -0.3 is 118 Å². The first-order valence-electron chi connectivity index (χ1n) is 37.3. The number of aliphatic hydroxyl groups is 6. The number of hydrogen-bond acceptors (Lipinski definition) is 26. The number of nitrogens with two attached hydrogens (primary N) is 1. The molecular weight excluding hydrogens is 1500 g/mol. The molecule has 0 saturated carbocycles. The van der Waals surface area contributed by atoms with Gasteiger partial charge in [-0.05, 0) is 91.0 Å². The highest BCUT2D eigenvalue weighted by Crippen LogP contribution is 2.53. The number of Topliss-reactive ketones (excluding diaryl/α,β-unsaturated/α-hetero) is 1. The number of phenolic OH excluding ortho intramolecular Hbond substituents is 3. The maximum Gasteiger partial charge on any atom is 0.407 e. The summed E-state index contributed by atoms with van der Waals surface area (Å²) in [7, 11) is 1.24. The van der Waals surface area contributed by atoms with Crippen molar-refractivity contribution in [3.8, 4) is 34.1 Å². The van der Waals surface area contributed by atoms with E-state index in [1.165, 1.54) is 56.5 Å². The fraction of sp³-hybridized carbons (Fsp3) is 0.456. The van der Waals surface area contributed by atoms with Crippen LogP contribution in [0.1, 0.15) is 151 Å². The number of rotatable bonds is 37. The van der Waals surface area contributed by atoms with E-state index < -0.39 is 242 Å². The van der Waals surface area contributed by atoms with Gasteiger partial charge in [-0.2, -0.15) is 0 Å².